The van der Waals surface area contributed by atoms with Gasteiger partial charge in [0.2, 0.25) is 0 Å². The minimum atomic E-state index is 0.257. The molecular formula is C11H22O. The van der Waals surface area contributed by atoms with Crippen molar-refractivity contribution in [2.45, 2.75) is 53.8 Å². The van der Waals surface area contributed by atoms with Gasteiger partial charge < -0.3 is 4.74 Å². The Labute approximate surface area is 76.8 Å². The van der Waals surface area contributed by atoms with Gasteiger partial charge in [-0.3, -0.25) is 0 Å². The fourth-order valence-corrected chi connectivity index (χ4v) is 1.18. The van der Waals surface area contributed by atoms with Gasteiger partial charge in [0.25, 0.3) is 0 Å². The third-order valence-electron chi connectivity index (χ3n) is 1.71. The molecule has 0 aliphatic carbocycles. The second-order valence-corrected chi connectivity index (χ2v) is 3.98. The summed E-state index contributed by atoms with van der Waals surface area (Å²) in [5.74, 6) is 0.614. The molecule has 72 valence electrons. The van der Waals surface area contributed by atoms with Crippen LogP contribution in [-0.2, 0) is 4.74 Å². The highest BCUT2D eigenvalue weighted by Crippen LogP contribution is 2.10. The van der Waals surface area contributed by atoms with Crippen molar-refractivity contribution in [3.63, 3.8) is 0 Å². The molecular weight excluding hydrogens is 148 g/mol. The maximum absolute atomic E-state index is 5.64. The summed E-state index contributed by atoms with van der Waals surface area (Å²) >= 11 is 0. The summed E-state index contributed by atoms with van der Waals surface area (Å²) in [7, 11) is 0. The second-order valence-electron chi connectivity index (χ2n) is 3.98. The highest BCUT2D eigenvalue weighted by Gasteiger charge is 2.06. The van der Waals surface area contributed by atoms with Gasteiger partial charge in [-0.1, -0.05) is 19.9 Å². The second kappa shape index (κ2) is 5.36. The van der Waals surface area contributed by atoms with Gasteiger partial charge in [-0.25, -0.2) is 0 Å². The first-order valence-electron chi connectivity index (χ1n) is 4.77. The number of rotatable bonds is 4. The molecule has 0 saturated carbocycles. The quantitative estimate of drug-likeness (QED) is 0.587. The van der Waals surface area contributed by atoms with Crippen LogP contribution in [0.25, 0.3) is 0 Å². The molecule has 0 aromatic heterocycles. The number of hydrogen-bond acceptors (Lipinski definition) is 1. The van der Waals surface area contributed by atoms with Crippen LogP contribution < -0.4 is 0 Å². The van der Waals surface area contributed by atoms with E-state index in [4.69, 9.17) is 4.74 Å². The van der Waals surface area contributed by atoms with Crippen LogP contribution >= 0.6 is 0 Å². The van der Waals surface area contributed by atoms with E-state index in [9.17, 15) is 0 Å². The lowest BCUT2D eigenvalue weighted by Gasteiger charge is -2.17. The molecule has 12 heavy (non-hydrogen) atoms. The lowest BCUT2D eigenvalue weighted by atomic mass is 10.1. The molecule has 0 bridgehead atoms. The van der Waals surface area contributed by atoms with Crippen molar-refractivity contribution in [2.75, 3.05) is 0 Å². The average Bonchev–Trinajstić information content (AvgIpc) is 1.84. The molecule has 0 radical (unpaired) electrons. The minimum Gasteiger partial charge on any atom is -0.372 e. The third kappa shape index (κ3) is 5.36. The van der Waals surface area contributed by atoms with Crippen LogP contribution in [-0.4, -0.2) is 12.2 Å². The first kappa shape index (κ1) is 11.7. The van der Waals surface area contributed by atoms with Crippen LogP contribution in [0.4, 0.5) is 0 Å². The molecule has 0 aromatic carbocycles. The Hall–Kier alpha value is -0.300. The van der Waals surface area contributed by atoms with Crippen molar-refractivity contribution in [1.29, 1.82) is 0 Å². The largest absolute Gasteiger partial charge is 0.372 e. The molecule has 1 heteroatoms. The Bertz CT molecular complexity index is 145. The fraction of sp³-hybridized carbons (Fsp3) is 0.818. The van der Waals surface area contributed by atoms with E-state index >= 15 is 0 Å². The van der Waals surface area contributed by atoms with Gasteiger partial charge in [0.15, 0.2) is 0 Å². The number of allylic oxidation sites excluding steroid dienone is 1. The summed E-state index contributed by atoms with van der Waals surface area (Å²) in [6, 6.07) is 0. The van der Waals surface area contributed by atoms with E-state index in [1.54, 1.807) is 0 Å². The molecule has 0 rings (SSSR count). The van der Waals surface area contributed by atoms with E-state index in [-0.39, 0.29) is 6.10 Å². The van der Waals surface area contributed by atoms with Gasteiger partial charge in [0.05, 0.1) is 12.2 Å². The number of hydrogen-bond donors (Lipinski definition) is 0. The zero-order valence-electron chi connectivity index (χ0n) is 9.22. The summed E-state index contributed by atoms with van der Waals surface area (Å²) in [4.78, 5) is 0. The maximum Gasteiger partial charge on any atom is 0.0757 e. The molecule has 0 N–H and O–H groups in total. The van der Waals surface area contributed by atoms with E-state index in [1.807, 2.05) is 0 Å². The maximum atomic E-state index is 5.64. The van der Waals surface area contributed by atoms with Gasteiger partial charge in [-0.15, -0.1) is 0 Å². The van der Waals surface area contributed by atoms with Gasteiger partial charge in [-0.05, 0) is 39.2 Å². The summed E-state index contributed by atoms with van der Waals surface area (Å²) < 4.78 is 5.64. The molecule has 0 aliphatic rings. The molecule has 0 spiro atoms. The topological polar surface area (TPSA) is 9.23 Å². The van der Waals surface area contributed by atoms with Gasteiger partial charge in [0, 0.05) is 0 Å². The smallest absolute Gasteiger partial charge is 0.0757 e. The summed E-state index contributed by atoms with van der Waals surface area (Å²) in [6.45, 7) is 12.7. The van der Waals surface area contributed by atoms with Crippen molar-refractivity contribution in [1.82, 2.24) is 0 Å². The summed E-state index contributed by atoms with van der Waals surface area (Å²) in [5, 5.41) is 0. The van der Waals surface area contributed by atoms with Gasteiger partial charge in [-0.2, -0.15) is 0 Å². The van der Waals surface area contributed by atoms with Crippen molar-refractivity contribution in [3.8, 4) is 0 Å². The monoisotopic (exact) mass is 170 g/mol. The zero-order valence-corrected chi connectivity index (χ0v) is 9.22. The van der Waals surface area contributed by atoms with E-state index in [1.165, 1.54) is 5.57 Å². The van der Waals surface area contributed by atoms with E-state index in [0.29, 0.717) is 12.0 Å². The molecule has 0 fully saturated rings. The predicted molar refractivity (Wildman–Crippen MR) is 54.3 cm³/mol. The summed E-state index contributed by atoms with van der Waals surface area (Å²) in [6.07, 6.45) is 2.83. The average molecular weight is 170 g/mol. The molecule has 0 aliphatic heterocycles. The lowest BCUT2D eigenvalue weighted by Crippen LogP contribution is -2.15. The van der Waals surface area contributed by atoms with E-state index in [0.717, 1.165) is 0 Å². The highest BCUT2D eigenvalue weighted by molar-refractivity contribution is 5.04. The van der Waals surface area contributed by atoms with Crippen LogP contribution in [0.15, 0.2) is 11.6 Å². The Balaban J connectivity index is 4.00. The molecule has 0 saturated heterocycles. The Morgan fingerprint density at radius 3 is 1.92 bits per heavy atom. The minimum absolute atomic E-state index is 0.257. The summed E-state index contributed by atoms with van der Waals surface area (Å²) in [5.41, 5.74) is 1.33. The highest BCUT2D eigenvalue weighted by atomic mass is 16.5. The number of ether oxygens (including phenoxy) is 1. The first-order chi connectivity index (χ1) is 5.43. The molecule has 1 unspecified atom stereocenters. The standard InChI is InChI=1S/C11H22O/c1-8(2)7-10(5)11(6)12-9(3)4/h7-9,11H,1-6H3/b10-7+. The van der Waals surface area contributed by atoms with Crippen LogP contribution in [0, 0.1) is 5.92 Å². The van der Waals surface area contributed by atoms with Crippen LogP contribution in [0.5, 0.6) is 0 Å². The van der Waals surface area contributed by atoms with Crippen molar-refractivity contribution in [2.24, 2.45) is 5.92 Å². The predicted octanol–water partition coefficient (Wildman–Crippen LogP) is 3.40. The van der Waals surface area contributed by atoms with E-state index in [2.05, 4.69) is 47.6 Å². The van der Waals surface area contributed by atoms with Crippen LogP contribution in [0.2, 0.25) is 0 Å². The molecule has 0 heterocycles. The van der Waals surface area contributed by atoms with Crippen molar-refractivity contribution >= 4 is 0 Å². The lowest BCUT2D eigenvalue weighted by molar-refractivity contribution is 0.0393. The molecule has 0 aromatic rings. The SMILES string of the molecule is C/C(=C\C(C)C)C(C)OC(C)C. The van der Waals surface area contributed by atoms with Gasteiger partial charge in [0.1, 0.15) is 0 Å². The van der Waals surface area contributed by atoms with Crippen LogP contribution in [0.1, 0.15) is 41.5 Å². The fourth-order valence-electron chi connectivity index (χ4n) is 1.18. The normalized spacial score (nSPS) is 15.8. The Morgan fingerprint density at radius 1 is 1.08 bits per heavy atom. The molecule has 0 amide bonds. The van der Waals surface area contributed by atoms with Crippen LogP contribution in [0.3, 0.4) is 0 Å². The van der Waals surface area contributed by atoms with Crippen molar-refractivity contribution < 1.29 is 4.74 Å². The Kier molecular flexibility index (Phi) is 5.23. The van der Waals surface area contributed by atoms with Gasteiger partial charge >= 0.3 is 0 Å². The van der Waals surface area contributed by atoms with E-state index < -0.39 is 0 Å². The Morgan fingerprint density at radius 2 is 1.58 bits per heavy atom. The molecule has 1 nitrogen and oxygen atoms in total. The van der Waals surface area contributed by atoms with Crippen molar-refractivity contribution in [3.05, 3.63) is 11.6 Å². The zero-order chi connectivity index (χ0) is 9.72. The molecule has 1 atom stereocenters. The first-order valence-corrected chi connectivity index (χ1v) is 4.77. The third-order valence-corrected chi connectivity index (χ3v) is 1.71.